The third-order valence-corrected chi connectivity index (χ3v) is 14.2. The summed E-state index contributed by atoms with van der Waals surface area (Å²) in [6.07, 6.45) is 12.0. The van der Waals surface area contributed by atoms with Crippen molar-refractivity contribution in [3.63, 3.8) is 0 Å². The summed E-state index contributed by atoms with van der Waals surface area (Å²) in [5, 5.41) is 2.34. The van der Waals surface area contributed by atoms with Crippen molar-refractivity contribution in [2.45, 2.75) is 162 Å². The molecule has 2 aromatic carbocycles. The molecule has 5 rings (SSSR count). The molecule has 2 aromatic rings. The van der Waals surface area contributed by atoms with Crippen LogP contribution in [0.3, 0.4) is 0 Å². The second kappa shape index (κ2) is 24.0. The summed E-state index contributed by atoms with van der Waals surface area (Å²) in [4.78, 5) is 96.2. The Balaban J connectivity index is 1.05. The number of Topliss-reactive ketones (excluding diaryl/α,β-unsaturated/α-hetero) is 3. The van der Waals surface area contributed by atoms with Crippen LogP contribution in [0.15, 0.2) is 42.5 Å². The number of benzene rings is 2. The van der Waals surface area contributed by atoms with E-state index in [9.17, 15) is 33.6 Å². The molecule has 4 amide bonds. The van der Waals surface area contributed by atoms with Crippen LogP contribution in [0.5, 0.6) is 5.75 Å². The van der Waals surface area contributed by atoms with E-state index in [0.29, 0.717) is 44.4 Å². The number of piperidine rings is 3. The van der Waals surface area contributed by atoms with E-state index >= 15 is 0 Å². The first-order chi connectivity index (χ1) is 30.6. The van der Waals surface area contributed by atoms with E-state index in [-0.39, 0.29) is 60.6 Å². The van der Waals surface area contributed by atoms with Gasteiger partial charge in [0.05, 0.1) is 6.04 Å². The maximum absolute atomic E-state index is 14.2. The fourth-order valence-electron chi connectivity index (χ4n) is 9.33. The lowest BCUT2D eigenvalue weighted by atomic mass is 9.82. The van der Waals surface area contributed by atoms with Crippen LogP contribution in [-0.2, 0) is 40.0 Å². The molecule has 3 atom stereocenters. The van der Waals surface area contributed by atoms with Crippen molar-refractivity contribution in [1.29, 1.82) is 0 Å². The van der Waals surface area contributed by atoms with Gasteiger partial charge in [-0.2, -0.15) is 0 Å². The van der Waals surface area contributed by atoms with Crippen molar-refractivity contribution in [3.05, 3.63) is 64.7 Å². The first-order valence-corrected chi connectivity index (χ1v) is 24.1. The molecule has 1 N–H and O–H groups in total. The third-order valence-electron chi connectivity index (χ3n) is 14.2. The number of ketones is 3. The molecule has 3 saturated heterocycles. The van der Waals surface area contributed by atoms with Crippen LogP contribution in [0.1, 0.15) is 152 Å². The zero-order valence-corrected chi connectivity index (χ0v) is 39.5. The van der Waals surface area contributed by atoms with E-state index in [4.69, 9.17) is 4.74 Å². The molecule has 3 fully saturated rings. The van der Waals surface area contributed by atoms with Crippen LogP contribution < -0.4 is 10.1 Å². The predicted octanol–water partition coefficient (Wildman–Crippen LogP) is 7.63. The molecule has 3 aliphatic heterocycles. The Labute approximate surface area is 381 Å². The summed E-state index contributed by atoms with van der Waals surface area (Å²) in [5.74, 6) is -1.28. The quantitative estimate of drug-likeness (QED) is 0.0676. The minimum Gasteiger partial charge on any atom is -0.486 e. The molecule has 0 radical (unpaired) electrons. The third kappa shape index (κ3) is 14.1. The van der Waals surface area contributed by atoms with Gasteiger partial charge in [-0.05, 0) is 144 Å². The van der Waals surface area contributed by atoms with Gasteiger partial charge < -0.3 is 19.4 Å². The minimum atomic E-state index is -0.784. The van der Waals surface area contributed by atoms with E-state index < -0.39 is 29.2 Å². The van der Waals surface area contributed by atoms with Gasteiger partial charge in [0.25, 0.3) is 5.91 Å². The van der Waals surface area contributed by atoms with Crippen LogP contribution in [-0.4, -0.2) is 108 Å². The SMILES string of the molecule is CCC(C)(C)C(=O)C(=O)N1CCCCC1C(=O)C[C@H](CCc1ccc(C)c(C)c1)c1cccc(OCC(=O)CCCCCCCN2CCC(C(=O)N(C)C3CCC(=O)NC3=O)CC2)c1. The normalized spacial score (nSPS) is 19.2. The number of ether oxygens (including phenoxy) is 1. The summed E-state index contributed by atoms with van der Waals surface area (Å²) in [7, 11) is 1.67. The summed E-state index contributed by atoms with van der Waals surface area (Å²) >= 11 is 0. The standard InChI is InChI=1S/C52H74N4O8/c1-7-52(4,5)48(60)51(63)56-29-14-12-19-44(56)46(58)34-41(23-22-38-21-20-36(2)37(3)32-38)40-16-15-18-43(33-40)64-35-42(57)17-11-9-8-10-13-28-55-30-26-39(27-31-55)50(62)54(6)45-24-25-47(59)53-49(45)61/h15-16,18,20-21,32-33,39,41,44-45H,7-14,17,19,22-31,34-35H2,1-6H3,(H,53,59,61)/t41-,44?,45?/m0/s1. The van der Waals surface area contributed by atoms with Gasteiger partial charge in [-0.3, -0.25) is 38.9 Å². The fraction of sp³-hybridized carbons (Fsp3) is 0.635. The van der Waals surface area contributed by atoms with Crippen molar-refractivity contribution in [2.75, 3.05) is 39.8 Å². The monoisotopic (exact) mass is 883 g/mol. The lowest BCUT2D eigenvalue weighted by Gasteiger charge is -2.36. The van der Waals surface area contributed by atoms with Crippen LogP contribution in [0, 0.1) is 25.2 Å². The lowest BCUT2D eigenvalue weighted by Crippen LogP contribution is -2.54. The molecule has 12 nitrogen and oxygen atoms in total. The number of unbranched alkanes of at least 4 members (excludes halogenated alkanes) is 4. The highest BCUT2D eigenvalue weighted by Crippen LogP contribution is 2.33. The number of likely N-dealkylation sites (tertiary alicyclic amines) is 2. The Morgan fingerprint density at radius 3 is 2.33 bits per heavy atom. The number of likely N-dealkylation sites (N-methyl/N-ethyl adjacent to an activating group) is 1. The second-order valence-corrected chi connectivity index (χ2v) is 19.4. The Hall–Kier alpha value is -4.71. The van der Waals surface area contributed by atoms with Crippen molar-refractivity contribution in [1.82, 2.24) is 20.0 Å². The van der Waals surface area contributed by atoms with Crippen molar-refractivity contribution >= 4 is 41.0 Å². The van der Waals surface area contributed by atoms with E-state index in [1.54, 1.807) is 25.8 Å². The highest BCUT2D eigenvalue weighted by molar-refractivity contribution is 6.38. The number of hydrogen-bond acceptors (Lipinski definition) is 9. The Kier molecular flexibility index (Phi) is 18.9. The highest BCUT2D eigenvalue weighted by Gasteiger charge is 2.40. The molecule has 12 heteroatoms. The van der Waals surface area contributed by atoms with Crippen molar-refractivity contribution in [3.8, 4) is 5.75 Å². The molecule has 3 aliphatic rings. The number of nitrogens with zero attached hydrogens (tertiary/aromatic N) is 3. The summed E-state index contributed by atoms with van der Waals surface area (Å²) < 4.78 is 6.04. The zero-order valence-electron chi connectivity index (χ0n) is 39.5. The molecule has 0 bridgehead atoms. The van der Waals surface area contributed by atoms with Crippen molar-refractivity contribution < 1.29 is 38.3 Å². The van der Waals surface area contributed by atoms with E-state index in [1.807, 2.05) is 31.2 Å². The van der Waals surface area contributed by atoms with Gasteiger partial charge in [0.15, 0.2) is 11.6 Å². The smallest absolute Gasteiger partial charge is 0.291 e. The molecule has 0 aliphatic carbocycles. The first-order valence-electron chi connectivity index (χ1n) is 24.1. The number of aryl methyl sites for hydroxylation is 3. The molecule has 2 unspecified atom stereocenters. The van der Waals surface area contributed by atoms with Gasteiger partial charge in [0.2, 0.25) is 23.5 Å². The topological polar surface area (TPSA) is 150 Å². The highest BCUT2D eigenvalue weighted by atomic mass is 16.5. The predicted molar refractivity (Wildman–Crippen MR) is 248 cm³/mol. The number of hydrogen-bond donors (Lipinski definition) is 1. The largest absolute Gasteiger partial charge is 0.486 e. The Morgan fingerprint density at radius 1 is 0.875 bits per heavy atom. The molecule has 350 valence electrons. The average Bonchev–Trinajstić information content (AvgIpc) is 3.29. The number of carbonyl (C=O) groups excluding carboxylic acids is 7. The Bertz CT molecular complexity index is 1970. The van der Waals surface area contributed by atoms with Gasteiger partial charge >= 0.3 is 0 Å². The molecule has 64 heavy (non-hydrogen) atoms. The molecule has 0 aromatic heterocycles. The number of nitrogens with one attached hydrogen (secondary N) is 1. The van der Waals surface area contributed by atoms with Gasteiger partial charge in [0, 0.05) is 44.2 Å². The number of rotatable bonds is 23. The van der Waals surface area contributed by atoms with Gasteiger partial charge in [-0.15, -0.1) is 0 Å². The van der Waals surface area contributed by atoms with Gasteiger partial charge in [-0.25, -0.2) is 0 Å². The van der Waals surface area contributed by atoms with E-state index in [1.165, 1.54) is 21.6 Å². The molecular weight excluding hydrogens is 809 g/mol. The molecule has 0 spiro atoms. The van der Waals surface area contributed by atoms with Crippen LogP contribution in [0.2, 0.25) is 0 Å². The van der Waals surface area contributed by atoms with Crippen molar-refractivity contribution in [2.24, 2.45) is 11.3 Å². The zero-order chi connectivity index (χ0) is 46.4. The average molecular weight is 883 g/mol. The maximum Gasteiger partial charge on any atom is 0.291 e. The molecule has 3 heterocycles. The summed E-state index contributed by atoms with van der Waals surface area (Å²) in [6, 6.07) is 13.0. The van der Waals surface area contributed by atoms with Crippen LogP contribution >= 0.6 is 0 Å². The molecule has 0 saturated carbocycles. The summed E-state index contributed by atoms with van der Waals surface area (Å²) in [6.45, 7) is 12.8. The second-order valence-electron chi connectivity index (χ2n) is 19.4. The fourth-order valence-corrected chi connectivity index (χ4v) is 9.33. The maximum atomic E-state index is 14.2. The number of imide groups is 1. The van der Waals surface area contributed by atoms with E-state index in [2.05, 4.69) is 42.3 Å². The Morgan fingerprint density at radius 2 is 1.61 bits per heavy atom. The van der Waals surface area contributed by atoms with Gasteiger partial charge in [-0.1, -0.05) is 70.4 Å². The summed E-state index contributed by atoms with van der Waals surface area (Å²) in [5.41, 5.74) is 3.82. The lowest BCUT2D eigenvalue weighted by molar-refractivity contribution is -0.153. The van der Waals surface area contributed by atoms with Crippen LogP contribution in [0.4, 0.5) is 0 Å². The number of amides is 4. The number of carbonyl (C=O) groups is 7. The van der Waals surface area contributed by atoms with Crippen LogP contribution in [0.25, 0.3) is 0 Å². The minimum absolute atomic E-state index is 0.00988. The van der Waals surface area contributed by atoms with E-state index in [0.717, 1.165) is 89.4 Å². The van der Waals surface area contributed by atoms with Gasteiger partial charge in [0.1, 0.15) is 18.4 Å². The molecular formula is C52H74N4O8. The first kappa shape index (κ1) is 50.3.